The summed E-state index contributed by atoms with van der Waals surface area (Å²) >= 11 is 0. The summed E-state index contributed by atoms with van der Waals surface area (Å²) in [6.45, 7) is 7.07. The van der Waals surface area contributed by atoms with E-state index in [0.29, 0.717) is 5.92 Å². The quantitative estimate of drug-likeness (QED) is 0.693. The van der Waals surface area contributed by atoms with E-state index in [2.05, 4.69) is 4.90 Å². The van der Waals surface area contributed by atoms with Crippen molar-refractivity contribution in [1.82, 2.24) is 4.90 Å². The highest BCUT2D eigenvalue weighted by molar-refractivity contribution is 4.84. The Morgan fingerprint density at radius 2 is 2.00 bits per heavy atom. The van der Waals surface area contributed by atoms with E-state index >= 15 is 0 Å². The highest BCUT2D eigenvalue weighted by atomic mass is 16.3. The van der Waals surface area contributed by atoms with Crippen molar-refractivity contribution >= 4 is 0 Å². The van der Waals surface area contributed by atoms with E-state index in [4.69, 9.17) is 5.11 Å². The van der Waals surface area contributed by atoms with Gasteiger partial charge in [0.1, 0.15) is 0 Å². The lowest BCUT2D eigenvalue weighted by Gasteiger charge is -2.30. The zero-order valence-corrected chi connectivity index (χ0v) is 9.37. The maximum absolute atomic E-state index is 10.1. The molecule has 1 atom stereocenters. The SMILES string of the molecule is CCC(O)(CC)CN1CCC(CO)C1. The zero-order chi connectivity index (χ0) is 10.6. The highest BCUT2D eigenvalue weighted by Gasteiger charge is 2.29. The Hall–Kier alpha value is -0.120. The summed E-state index contributed by atoms with van der Waals surface area (Å²) in [5.41, 5.74) is -0.523. The van der Waals surface area contributed by atoms with Crippen LogP contribution in [0.1, 0.15) is 33.1 Å². The van der Waals surface area contributed by atoms with Crippen LogP contribution < -0.4 is 0 Å². The molecule has 0 radical (unpaired) electrons. The smallest absolute Gasteiger partial charge is 0.0768 e. The summed E-state index contributed by atoms with van der Waals surface area (Å²) in [5, 5.41) is 19.2. The predicted molar refractivity (Wildman–Crippen MR) is 57.2 cm³/mol. The minimum absolute atomic E-state index is 0.285. The molecule has 1 aliphatic heterocycles. The van der Waals surface area contributed by atoms with Crippen LogP contribution in [0.3, 0.4) is 0 Å². The molecule has 0 spiro atoms. The number of aliphatic hydroxyl groups excluding tert-OH is 1. The van der Waals surface area contributed by atoms with Crippen LogP contribution in [-0.2, 0) is 0 Å². The van der Waals surface area contributed by atoms with E-state index < -0.39 is 5.60 Å². The van der Waals surface area contributed by atoms with Crippen molar-refractivity contribution in [2.45, 2.75) is 38.7 Å². The number of nitrogens with zero attached hydrogens (tertiary/aromatic N) is 1. The molecule has 14 heavy (non-hydrogen) atoms. The Bertz CT molecular complexity index is 169. The van der Waals surface area contributed by atoms with Gasteiger partial charge in [-0.15, -0.1) is 0 Å². The molecule has 1 unspecified atom stereocenters. The summed E-state index contributed by atoms with van der Waals surface area (Å²) in [7, 11) is 0. The fraction of sp³-hybridized carbons (Fsp3) is 1.00. The van der Waals surface area contributed by atoms with Crippen LogP contribution in [-0.4, -0.2) is 47.0 Å². The Labute approximate surface area is 86.7 Å². The molecule has 1 fully saturated rings. The molecule has 0 aliphatic carbocycles. The zero-order valence-electron chi connectivity index (χ0n) is 9.37. The van der Waals surface area contributed by atoms with Gasteiger partial charge in [0.25, 0.3) is 0 Å². The summed E-state index contributed by atoms with van der Waals surface area (Å²) in [4.78, 5) is 2.27. The first kappa shape index (κ1) is 12.0. The molecular weight excluding hydrogens is 178 g/mol. The molecule has 0 aromatic rings. The van der Waals surface area contributed by atoms with E-state index in [1.165, 1.54) is 0 Å². The van der Waals surface area contributed by atoms with Crippen LogP contribution in [0.5, 0.6) is 0 Å². The number of likely N-dealkylation sites (tertiary alicyclic amines) is 1. The monoisotopic (exact) mass is 201 g/mol. The Balaban J connectivity index is 2.37. The third-order valence-corrected chi connectivity index (χ3v) is 3.46. The van der Waals surface area contributed by atoms with Gasteiger partial charge in [-0.25, -0.2) is 0 Å². The van der Waals surface area contributed by atoms with Crippen LogP contribution in [0.2, 0.25) is 0 Å². The van der Waals surface area contributed by atoms with Gasteiger partial charge in [0.15, 0.2) is 0 Å². The second-order valence-corrected chi connectivity index (χ2v) is 4.50. The van der Waals surface area contributed by atoms with Gasteiger partial charge in [0, 0.05) is 19.7 Å². The lowest BCUT2D eigenvalue weighted by atomic mass is 9.97. The second kappa shape index (κ2) is 5.10. The molecule has 3 heteroatoms. The van der Waals surface area contributed by atoms with E-state index in [1.54, 1.807) is 0 Å². The first-order valence-corrected chi connectivity index (χ1v) is 5.69. The third-order valence-electron chi connectivity index (χ3n) is 3.46. The first-order chi connectivity index (χ1) is 6.63. The largest absolute Gasteiger partial charge is 0.396 e. The van der Waals surface area contributed by atoms with Crippen molar-refractivity contribution in [1.29, 1.82) is 0 Å². The van der Waals surface area contributed by atoms with Crippen molar-refractivity contribution in [3.05, 3.63) is 0 Å². The van der Waals surface area contributed by atoms with E-state index in [9.17, 15) is 5.11 Å². The van der Waals surface area contributed by atoms with Crippen LogP contribution >= 0.6 is 0 Å². The highest BCUT2D eigenvalue weighted by Crippen LogP contribution is 2.21. The minimum atomic E-state index is -0.523. The number of hydrogen-bond donors (Lipinski definition) is 2. The molecule has 84 valence electrons. The van der Waals surface area contributed by atoms with Gasteiger partial charge in [-0.3, -0.25) is 0 Å². The standard InChI is InChI=1S/C11H23NO2/c1-3-11(14,4-2)9-12-6-5-10(7-12)8-13/h10,13-14H,3-9H2,1-2H3. The van der Waals surface area contributed by atoms with Gasteiger partial charge in [0.05, 0.1) is 5.60 Å². The normalized spacial score (nSPS) is 24.4. The van der Waals surface area contributed by atoms with Crippen molar-refractivity contribution in [3.63, 3.8) is 0 Å². The van der Waals surface area contributed by atoms with Gasteiger partial charge < -0.3 is 15.1 Å². The molecule has 2 N–H and O–H groups in total. The van der Waals surface area contributed by atoms with Crippen LogP contribution in [0.25, 0.3) is 0 Å². The van der Waals surface area contributed by atoms with E-state index in [1.807, 2.05) is 13.8 Å². The van der Waals surface area contributed by atoms with Gasteiger partial charge in [-0.2, -0.15) is 0 Å². The van der Waals surface area contributed by atoms with Crippen LogP contribution in [0.4, 0.5) is 0 Å². The lowest BCUT2D eigenvalue weighted by molar-refractivity contribution is 0.00107. The average Bonchev–Trinajstić information content (AvgIpc) is 2.65. The maximum atomic E-state index is 10.1. The van der Waals surface area contributed by atoms with E-state index in [-0.39, 0.29) is 6.61 Å². The summed E-state index contributed by atoms with van der Waals surface area (Å²) in [6.07, 6.45) is 2.69. The summed E-state index contributed by atoms with van der Waals surface area (Å²) < 4.78 is 0. The van der Waals surface area contributed by atoms with Crippen molar-refractivity contribution in [3.8, 4) is 0 Å². The third kappa shape index (κ3) is 2.94. The van der Waals surface area contributed by atoms with Gasteiger partial charge in [-0.05, 0) is 31.7 Å². The summed E-state index contributed by atoms with van der Waals surface area (Å²) in [6, 6.07) is 0. The molecule has 3 nitrogen and oxygen atoms in total. The van der Waals surface area contributed by atoms with Crippen molar-refractivity contribution in [2.24, 2.45) is 5.92 Å². The van der Waals surface area contributed by atoms with Crippen LogP contribution in [0, 0.1) is 5.92 Å². The lowest BCUT2D eigenvalue weighted by Crippen LogP contribution is -2.41. The number of hydrogen-bond acceptors (Lipinski definition) is 3. The molecule has 0 saturated carbocycles. The predicted octanol–water partition coefficient (Wildman–Crippen LogP) is 0.852. The molecule has 0 bridgehead atoms. The fourth-order valence-corrected chi connectivity index (χ4v) is 2.10. The van der Waals surface area contributed by atoms with Crippen molar-refractivity contribution in [2.75, 3.05) is 26.2 Å². The Kier molecular flexibility index (Phi) is 4.35. The maximum Gasteiger partial charge on any atom is 0.0768 e. The molecule has 0 aromatic heterocycles. The van der Waals surface area contributed by atoms with Gasteiger partial charge >= 0.3 is 0 Å². The first-order valence-electron chi connectivity index (χ1n) is 5.69. The minimum Gasteiger partial charge on any atom is -0.396 e. The molecule has 1 saturated heterocycles. The van der Waals surface area contributed by atoms with Gasteiger partial charge in [-0.1, -0.05) is 13.8 Å². The molecule has 1 aliphatic rings. The van der Waals surface area contributed by atoms with Gasteiger partial charge in [0.2, 0.25) is 0 Å². The molecule has 1 heterocycles. The molecule has 1 rings (SSSR count). The molecule has 0 aromatic carbocycles. The molecule has 0 amide bonds. The Morgan fingerprint density at radius 3 is 2.43 bits per heavy atom. The number of β-amino-alcohol motifs (C(OH)–C–C–N with tert-alkyl or cyclic N) is 1. The summed E-state index contributed by atoms with van der Waals surface area (Å²) in [5.74, 6) is 0.424. The number of rotatable bonds is 5. The van der Waals surface area contributed by atoms with E-state index in [0.717, 1.165) is 38.9 Å². The second-order valence-electron chi connectivity index (χ2n) is 4.50. The molecular formula is C11H23NO2. The number of aliphatic hydroxyl groups is 2. The topological polar surface area (TPSA) is 43.7 Å². The Morgan fingerprint density at radius 1 is 1.36 bits per heavy atom. The van der Waals surface area contributed by atoms with Crippen LogP contribution in [0.15, 0.2) is 0 Å². The van der Waals surface area contributed by atoms with Crippen molar-refractivity contribution < 1.29 is 10.2 Å². The fourth-order valence-electron chi connectivity index (χ4n) is 2.10. The average molecular weight is 201 g/mol.